The van der Waals surface area contributed by atoms with Gasteiger partial charge in [-0.3, -0.25) is 0 Å². The third-order valence-corrected chi connectivity index (χ3v) is 10.5. The number of hydrogen-bond acceptors (Lipinski definition) is 2. The molecule has 8 aromatic carbocycles. The fraction of sp³-hybridized carbons (Fsp3) is 0. The van der Waals surface area contributed by atoms with E-state index in [4.69, 9.17) is 0 Å². The van der Waals surface area contributed by atoms with Gasteiger partial charge in [-0.2, -0.15) is 0 Å². The van der Waals surface area contributed by atoms with E-state index in [-0.39, 0.29) is 0 Å². The first-order valence-corrected chi connectivity index (χ1v) is 17.2. The molecule has 0 bridgehead atoms. The van der Waals surface area contributed by atoms with Gasteiger partial charge in [-0.15, -0.1) is 11.3 Å². The summed E-state index contributed by atoms with van der Waals surface area (Å²) in [6.07, 6.45) is 0. The largest absolute Gasteiger partial charge is 0.309 e. The van der Waals surface area contributed by atoms with Crippen LogP contribution in [0.2, 0.25) is 0 Å². The molecule has 0 atom stereocenters. The molecule has 0 radical (unpaired) electrons. The molecule has 0 unspecified atom stereocenters. The highest BCUT2D eigenvalue weighted by molar-refractivity contribution is 7.26. The fourth-order valence-electron chi connectivity index (χ4n) is 6.95. The number of thiophene rings is 1. The molecule has 226 valence electrons. The normalized spacial score (nSPS) is 11.3. The first-order valence-electron chi connectivity index (χ1n) is 16.4. The molecule has 0 fully saturated rings. The summed E-state index contributed by atoms with van der Waals surface area (Å²) in [6, 6.07) is 68.1. The summed E-state index contributed by atoms with van der Waals surface area (Å²) in [6.45, 7) is 0. The molecule has 9 aromatic rings. The van der Waals surface area contributed by atoms with Crippen LogP contribution >= 0.6 is 11.3 Å². The monoisotopic (exact) mass is 629 g/mol. The molecule has 0 saturated heterocycles. The van der Waals surface area contributed by atoms with Crippen LogP contribution in [0.25, 0.3) is 64.3 Å². The molecular formula is C46H31NS. The topological polar surface area (TPSA) is 3.24 Å². The minimum Gasteiger partial charge on any atom is -0.309 e. The van der Waals surface area contributed by atoms with Gasteiger partial charge in [0.05, 0.1) is 11.4 Å². The average Bonchev–Trinajstić information content (AvgIpc) is 3.56. The second kappa shape index (κ2) is 12.0. The van der Waals surface area contributed by atoms with E-state index in [9.17, 15) is 0 Å². The molecule has 1 nitrogen and oxygen atoms in total. The summed E-state index contributed by atoms with van der Waals surface area (Å²) < 4.78 is 2.66. The molecule has 0 amide bonds. The van der Waals surface area contributed by atoms with E-state index in [1.54, 1.807) is 0 Å². The van der Waals surface area contributed by atoms with Gasteiger partial charge in [-0.05, 0) is 58.1 Å². The van der Waals surface area contributed by atoms with E-state index in [1.807, 2.05) is 11.3 Å². The van der Waals surface area contributed by atoms with Crippen LogP contribution in [0.1, 0.15) is 0 Å². The molecule has 0 spiro atoms. The Labute approximate surface area is 284 Å². The zero-order valence-corrected chi connectivity index (χ0v) is 27.1. The van der Waals surface area contributed by atoms with Crippen molar-refractivity contribution in [2.24, 2.45) is 0 Å². The Bertz CT molecular complexity index is 2530. The van der Waals surface area contributed by atoms with Crippen molar-refractivity contribution in [1.82, 2.24) is 0 Å². The maximum atomic E-state index is 2.44. The van der Waals surface area contributed by atoms with Crippen molar-refractivity contribution in [3.8, 4) is 33.4 Å². The van der Waals surface area contributed by atoms with Gasteiger partial charge in [0.1, 0.15) is 0 Å². The summed E-state index contributed by atoms with van der Waals surface area (Å²) in [7, 11) is 0. The zero-order chi connectivity index (χ0) is 31.9. The van der Waals surface area contributed by atoms with Crippen molar-refractivity contribution < 1.29 is 0 Å². The minimum absolute atomic E-state index is 1.12. The first kappa shape index (κ1) is 28.3. The van der Waals surface area contributed by atoms with Crippen LogP contribution in [0, 0.1) is 0 Å². The maximum Gasteiger partial charge on any atom is 0.0540 e. The molecular weight excluding hydrogens is 599 g/mol. The van der Waals surface area contributed by atoms with Gasteiger partial charge >= 0.3 is 0 Å². The molecule has 48 heavy (non-hydrogen) atoms. The van der Waals surface area contributed by atoms with Gasteiger partial charge in [0, 0.05) is 42.2 Å². The Kier molecular flexibility index (Phi) is 7.07. The third kappa shape index (κ3) is 4.95. The number of fused-ring (bicyclic) bond motifs is 5. The molecule has 0 N–H and O–H groups in total. The Balaban J connectivity index is 1.24. The maximum absolute atomic E-state index is 2.44. The van der Waals surface area contributed by atoms with Crippen molar-refractivity contribution in [3.63, 3.8) is 0 Å². The second-order valence-electron chi connectivity index (χ2n) is 12.1. The van der Waals surface area contributed by atoms with Crippen molar-refractivity contribution in [2.75, 3.05) is 4.90 Å². The number of anilines is 3. The lowest BCUT2D eigenvalue weighted by Crippen LogP contribution is -2.11. The lowest BCUT2D eigenvalue weighted by molar-refractivity contribution is 1.30. The van der Waals surface area contributed by atoms with Gasteiger partial charge in [0.2, 0.25) is 0 Å². The van der Waals surface area contributed by atoms with Crippen molar-refractivity contribution >= 4 is 59.3 Å². The van der Waals surface area contributed by atoms with Gasteiger partial charge in [-0.1, -0.05) is 158 Å². The predicted octanol–water partition coefficient (Wildman–Crippen LogP) is 13.7. The number of para-hydroxylation sites is 1. The summed E-state index contributed by atoms with van der Waals surface area (Å²) in [4.78, 5) is 2.44. The van der Waals surface area contributed by atoms with Crippen LogP contribution in [0.4, 0.5) is 17.1 Å². The average molecular weight is 630 g/mol. The van der Waals surface area contributed by atoms with Gasteiger partial charge in [0.15, 0.2) is 0 Å². The Hall–Kier alpha value is -5.96. The smallest absolute Gasteiger partial charge is 0.0540 e. The van der Waals surface area contributed by atoms with E-state index in [1.165, 1.54) is 64.3 Å². The molecule has 0 saturated carbocycles. The van der Waals surface area contributed by atoms with Crippen LogP contribution < -0.4 is 4.90 Å². The highest BCUT2D eigenvalue weighted by Gasteiger charge is 2.20. The fourth-order valence-corrected chi connectivity index (χ4v) is 8.18. The molecule has 0 aliphatic rings. The van der Waals surface area contributed by atoms with Gasteiger partial charge < -0.3 is 4.90 Å². The second-order valence-corrected chi connectivity index (χ2v) is 13.2. The van der Waals surface area contributed by atoms with Crippen LogP contribution in [0.3, 0.4) is 0 Å². The standard InChI is InChI=1S/C46H31NS/c1-3-12-32(13-4-1)34-22-24-36(25-23-34)38-16-7-9-19-43(38)47(37-28-26-35(27-29-37)33-14-5-2-6-15-33)44-20-11-18-41-39(44)30-31-42-40-17-8-10-21-45(40)48-46(41)42/h1-31H. The van der Waals surface area contributed by atoms with Crippen LogP contribution in [0.15, 0.2) is 188 Å². The highest BCUT2D eigenvalue weighted by atomic mass is 32.1. The third-order valence-electron chi connectivity index (χ3n) is 9.30. The van der Waals surface area contributed by atoms with Crippen molar-refractivity contribution in [1.29, 1.82) is 0 Å². The minimum atomic E-state index is 1.12. The molecule has 0 aliphatic heterocycles. The number of rotatable bonds is 6. The summed E-state index contributed by atoms with van der Waals surface area (Å²) in [5, 5.41) is 5.15. The number of benzene rings is 8. The van der Waals surface area contributed by atoms with Crippen LogP contribution in [0.5, 0.6) is 0 Å². The van der Waals surface area contributed by atoms with E-state index in [0.717, 1.165) is 17.1 Å². The SMILES string of the molecule is c1ccc(-c2ccc(-c3ccccc3N(c3ccc(-c4ccccc4)cc3)c3cccc4c3ccc3c5ccccc5sc43)cc2)cc1. The Morgan fingerprint density at radius 1 is 0.312 bits per heavy atom. The van der Waals surface area contributed by atoms with Crippen LogP contribution in [-0.4, -0.2) is 0 Å². The van der Waals surface area contributed by atoms with Gasteiger partial charge in [0.25, 0.3) is 0 Å². The number of hydrogen-bond donors (Lipinski definition) is 0. The summed E-state index contributed by atoms with van der Waals surface area (Å²) in [5.41, 5.74) is 10.6. The van der Waals surface area contributed by atoms with Gasteiger partial charge in [-0.25, -0.2) is 0 Å². The Morgan fingerprint density at radius 2 is 0.812 bits per heavy atom. The zero-order valence-electron chi connectivity index (χ0n) is 26.3. The summed E-state index contributed by atoms with van der Waals surface area (Å²) >= 11 is 1.88. The van der Waals surface area contributed by atoms with Crippen molar-refractivity contribution in [3.05, 3.63) is 188 Å². The summed E-state index contributed by atoms with van der Waals surface area (Å²) in [5.74, 6) is 0. The molecule has 1 heterocycles. The lowest BCUT2D eigenvalue weighted by Gasteiger charge is -2.29. The molecule has 9 rings (SSSR count). The lowest BCUT2D eigenvalue weighted by atomic mass is 9.97. The van der Waals surface area contributed by atoms with E-state index < -0.39 is 0 Å². The van der Waals surface area contributed by atoms with E-state index in [0.29, 0.717) is 0 Å². The van der Waals surface area contributed by atoms with E-state index >= 15 is 0 Å². The highest BCUT2D eigenvalue weighted by Crippen LogP contribution is 2.46. The number of nitrogens with zero attached hydrogens (tertiary/aromatic N) is 1. The molecule has 1 aromatic heterocycles. The molecule has 0 aliphatic carbocycles. The predicted molar refractivity (Wildman–Crippen MR) is 208 cm³/mol. The first-order chi connectivity index (χ1) is 23.8. The quantitative estimate of drug-likeness (QED) is 0.177. The van der Waals surface area contributed by atoms with Crippen molar-refractivity contribution in [2.45, 2.75) is 0 Å². The van der Waals surface area contributed by atoms with Crippen LogP contribution in [-0.2, 0) is 0 Å². The molecule has 2 heteroatoms. The van der Waals surface area contributed by atoms with E-state index in [2.05, 4.69) is 193 Å². The Morgan fingerprint density at radius 3 is 1.54 bits per heavy atom.